The Balaban J connectivity index is 2.44. The van der Waals surface area contributed by atoms with E-state index in [2.05, 4.69) is 32.9 Å². The molecule has 1 aromatic carbocycles. The monoisotopic (exact) mass is 190 g/mol. The minimum absolute atomic E-state index is 0.0842. The number of aliphatic hydroxyl groups excluding tert-OH is 1. The van der Waals surface area contributed by atoms with Crippen LogP contribution in [0, 0.1) is 19.3 Å². The molecular formula is C13H18O. The Morgan fingerprint density at radius 3 is 2.64 bits per heavy atom. The van der Waals surface area contributed by atoms with Gasteiger partial charge in [0, 0.05) is 6.61 Å². The maximum Gasteiger partial charge on any atom is 0.0491 e. The molecule has 0 bridgehead atoms. The molecule has 1 N–H and O–H groups in total. The molecule has 0 saturated heterocycles. The molecule has 76 valence electrons. The molecule has 1 heteroatoms. The highest BCUT2D eigenvalue weighted by molar-refractivity contribution is 5.42. The summed E-state index contributed by atoms with van der Waals surface area (Å²) < 4.78 is 0. The largest absolute Gasteiger partial charge is 0.396 e. The number of rotatable bonds is 1. The van der Waals surface area contributed by atoms with E-state index in [0.717, 1.165) is 12.8 Å². The van der Waals surface area contributed by atoms with E-state index in [-0.39, 0.29) is 5.41 Å². The average molecular weight is 190 g/mol. The van der Waals surface area contributed by atoms with Crippen LogP contribution in [0.5, 0.6) is 0 Å². The summed E-state index contributed by atoms with van der Waals surface area (Å²) in [5, 5.41) is 9.36. The Bertz CT molecular complexity index is 368. The first-order valence-electron chi connectivity index (χ1n) is 5.24. The summed E-state index contributed by atoms with van der Waals surface area (Å²) in [5.74, 6) is 0. The average Bonchev–Trinajstić information content (AvgIpc) is 2.43. The number of aryl methyl sites for hydroxylation is 2. The smallest absolute Gasteiger partial charge is 0.0491 e. The van der Waals surface area contributed by atoms with Crippen molar-refractivity contribution >= 4 is 0 Å². The van der Waals surface area contributed by atoms with Gasteiger partial charge in [0.25, 0.3) is 0 Å². The Hall–Kier alpha value is -0.820. The van der Waals surface area contributed by atoms with Gasteiger partial charge in [-0.25, -0.2) is 0 Å². The maximum absolute atomic E-state index is 9.36. The van der Waals surface area contributed by atoms with Crippen molar-refractivity contribution in [1.82, 2.24) is 0 Å². The zero-order valence-electron chi connectivity index (χ0n) is 9.22. The van der Waals surface area contributed by atoms with Crippen molar-refractivity contribution in [1.29, 1.82) is 0 Å². The fraction of sp³-hybridized carbons (Fsp3) is 0.538. The minimum Gasteiger partial charge on any atom is -0.396 e. The first kappa shape index (κ1) is 9.72. The van der Waals surface area contributed by atoms with E-state index in [4.69, 9.17) is 0 Å². The summed E-state index contributed by atoms with van der Waals surface area (Å²) in [6, 6.07) is 4.51. The van der Waals surface area contributed by atoms with Gasteiger partial charge in [-0.05, 0) is 48.8 Å². The normalized spacial score (nSPS) is 25.1. The summed E-state index contributed by atoms with van der Waals surface area (Å²) >= 11 is 0. The van der Waals surface area contributed by atoms with E-state index >= 15 is 0 Å². The summed E-state index contributed by atoms with van der Waals surface area (Å²) in [7, 11) is 0. The molecule has 1 aliphatic carbocycles. The first-order valence-corrected chi connectivity index (χ1v) is 5.24. The number of aliphatic hydroxyl groups is 1. The van der Waals surface area contributed by atoms with Gasteiger partial charge in [0.15, 0.2) is 0 Å². The molecule has 0 spiro atoms. The van der Waals surface area contributed by atoms with Crippen LogP contribution < -0.4 is 0 Å². The van der Waals surface area contributed by atoms with E-state index in [1.807, 2.05) is 0 Å². The minimum atomic E-state index is 0.0842. The molecule has 0 amide bonds. The molecule has 1 aromatic rings. The molecule has 0 saturated carbocycles. The van der Waals surface area contributed by atoms with Crippen LogP contribution in [0.3, 0.4) is 0 Å². The van der Waals surface area contributed by atoms with Gasteiger partial charge < -0.3 is 5.11 Å². The number of hydrogen-bond acceptors (Lipinski definition) is 1. The van der Waals surface area contributed by atoms with E-state index in [9.17, 15) is 5.11 Å². The third-order valence-corrected chi connectivity index (χ3v) is 3.31. The van der Waals surface area contributed by atoms with E-state index < -0.39 is 0 Å². The Morgan fingerprint density at radius 2 is 2.00 bits per heavy atom. The van der Waals surface area contributed by atoms with Crippen molar-refractivity contribution < 1.29 is 5.11 Å². The lowest BCUT2D eigenvalue weighted by atomic mass is 9.88. The van der Waals surface area contributed by atoms with E-state index in [1.165, 1.54) is 22.3 Å². The van der Waals surface area contributed by atoms with Crippen molar-refractivity contribution in [3.63, 3.8) is 0 Å². The highest BCUT2D eigenvalue weighted by atomic mass is 16.3. The summed E-state index contributed by atoms with van der Waals surface area (Å²) in [4.78, 5) is 0. The molecule has 0 unspecified atom stereocenters. The van der Waals surface area contributed by atoms with Crippen LogP contribution in [-0.2, 0) is 12.8 Å². The van der Waals surface area contributed by atoms with E-state index in [0.29, 0.717) is 6.61 Å². The SMILES string of the molecule is Cc1cc(C)c2c(c1)C[C@](C)(CO)C2. The number of fused-ring (bicyclic) bond motifs is 1. The van der Waals surface area contributed by atoms with Gasteiger partial charge in [0.05, 0.1) is 0 Å². The van der Waals surface area contributed by atoms with E-state index in [1.54, 1.807) is 0 Å². The van der Waals surface area contributed by atoms with Crippen LogP contribution in [-0.4, -0.2) is 11.7 Å². The van der Waals surface area contributed by atoms with Gasteiger partial charge in [-0.2, -0.15) is 0 Å². The highest BCUT2D eigenvalue weighted by Crippen LogP contribution is 2.38. The molecular weight excluding hydrogens is 172 g/mol. The van der Waals surface area contributed by atoms with Crippen LogP contribution >= 0.6 is 0 Å². The van der Waals surface area contributed by atoms with Crippen molar-refractivity contribution in [3.8, 4) is 0 Å². The summed E-state index contributed by atoms with van der Waals surface area (Å²) in [6.07, 6.45) is 2.06. The summed E-state index contributed by atoms with van der Waals surface area (Å²) in [6.45, 7) is 6.78. The second kappa shape index (κ2) is 3.09. The zero-order chi connectivity index (χ0) is 10.3. The molecule has 0 fully saturated rings. The van der Waals surface area contributed by atoms with Crippen molar-refractivity contribution in [2.45, 2.75) is 33.6 Å². The third kappa shape index (κ3) is 1.46. The van der Waals surface area contributed by atoms with Crippen LogP contribution in [0.15, 0.2) is 12.1 Å². The molecule has 2 rings (SSSR count). The standard InChI is InChI=1S/C13H18O/c1-9-4-10(2)12-7-13(3,8-14)6-11(12)5-9/h4-5,14H,6-8H2,1-3H3/t13-/m0/s1. The fourth-order valence-electron chi connectivity index (χ4n) is 2.56. The molecule has 0 aromatic heterocycles. The first-order chi connectivity index (χ1) is 6.54. The molecule has 1 atom stereocenters. The topological polar surface area (TPSA) is 20.2 Å². The molecule has 14 heavy (non-hydrogen) atoms. The Morgan fingerprint density at radius 1 is 1.29 bits per heavy atom. The lowest BCUT2D eigenvalue weighted by molar-refractivity contribution is 0.152. The van der Waals surface area contributed by atoms with Gasteiger partial charge in [-0.15, -0.1) is 0 Å². The molecule has 1 nitrogen and oxygen atoms in total. The number of hydrogen-bond donors (Lipinski definition) is 1. The van der Waals surface area contributed by atoms with Gasteiger partial charge in [0.2, 0.25) is 0 Å². The van der Waals surface area contributed by atoms with Gasteiger partial charge in [-0.3, -0.25) is 0 Å². The van der Waals surface area contributed by atoms with Gasteiger partial charge in [-0.1, -0.05) is 24.6 Å². The van der Waals surface area contributed by atoms with Crippen molar-refractivity contribution in [3.05, 3.63) is 34.4 Å². The second-order valence-corrected chi connectivity index (χ2v) is 5.04. The lowest BCUT2D eigenvalue weighted by Crippen LogP contribution is -2.21. The van der Waals surface area contributed by atoms with Crippen LogP contribution in [0.4, 0.5) is 0 Å². The molecule has 1 aliphatic rings. The summed E-state index contributed by atoms with van der Waals surface area (Å²) in [5.41, 5.74) is 5.72. The van der Waals surface area contributed by atoms with Gasteiger partial charge >= 0.3 is 0 Å². The predicted octanol–water partition coefficient (Wildman–Crippen LogP) is 2.40. The maximum atomic E-state index is 9.36. The quantitative estimate of drug-likeness (QED) is 0.721. The van der Waals surface area contributed by atoms with Crippen LogP contribution in [0.1, 0.15) is 29.2 Å². The lowest BCUT2D eigenvalue weighted by Gasteiger charge is -2.19. The van der Waals surface area contributed by atoms with Gasteiger partial charge in [0.1, 0.15) is 0 Å². The van der Waals surface area contributed by atoms with Crippen LogP contribution in [0.25, 0.3) is 0 Å². The zero-order valence-corrected chi connectivity index (χ0v) is 9.22. The predicted molar refractivity (Wildman–Crippen MR) is 58.5 cm³/mol. The van der Waals surface area contributed by atoms with Crippen molar-refractivity contribution in [2.75, 3.05) is 6.61 Å². The molecule has 0 radical (unpaired) electrons. The third-order valence-electron chi connectivity index (χ3n) is 3.31. The highest BCUT2D eigenvalue weighted by Gasteiger charge is 2.32. The molecule has 0 aliphatic heterocycles. The Labute approximate surface area is 85.8 Å². The van der Waals surface area contributed by atoms with Crippen molar-refractivity contribution in [2.24, 2.45) is 5.41 Å². The fourth-order valence-corrected chi connectivity index (χ4v) is 2.56. The molecule has 0 heterocycles. The Kier molecular flexibility index (Phi) is 2.15. The van der Waals surface area contributed by atoms with Crippen LogP contribution in [0.2, 0.25) is 0 Å². The second-order valence-electron chi connectivity index (χ2n) is 5.04. The number of benzene rings is 1.